The highest BCUT2D eigenvalue weighted by Crippen LogP contribution is 2.43. The average Bonchev–Trinajstić information content (AvgIpc) is 3.36. The third-order valence-corrected chi connectivity index (χ3v) is 5.42. The Morgan fingerprint density at radius 2 is 2.12 bits per heavy atom. The summed E-state index contributed by atoms with van der Waals surface area (Å²) in [6.45, 7) is 2.78. The molecule has 0 unspecified atom stereocenters. The number of rotatable bonds is 5. The molecule has 2 aromatic rings. The maximum Gasteiger partial charge on any atom is 0.223 e. The van der Waals surface area contributed by atoms with E-state index in [0.29, 0.717) is 24.7 Å². The number of hydrogen-bond donors (Lipinski definition) is 1. The van der Waals surface area contributed by atoms with E-state index in [1.807, 2.05) is 18.2 Å². The molecule has 0 bridgehead atoms. The Morgan fingerprint density at radius 1 is 1.31 bits per heavy atom. The van der Waals surface area contributed by atoms with Gasteiger partial charge < -0.3 is 19.5 Å². The lowest BCUT2D eigenvalue weighted by molar-refractivity contribution is -0.132. The molecule has 1 aromatic carbocycles. The van der Waals surface area contributed by atoms with Crippen molar-refractivity contribution in [2.75, 3.05) is 26.7 Å². The molecule has 1 amide bonds. The monoisotopic (exact) mass is 377 g/mol. The van der Waals surface area contributed by atoms with Crippen molar-refractivity contribution >= 4 is 18.3 Å². The summed E-state index contributed by atoms with van der Waals surface area (Å²) in [7, 11) is 1.67. The maximum atomic E-state index is 12.9. The van der Waals surface area contributed by atoms with E-state index in [1.54, 1.807) is 13.3 Å². The van der Waals surface area contributed by atoms with Crippen LogP contribution in [0.3, 0.4) is 0 Å². The summed E-state index contributed by atoms with van der Waals surface area (Å²) >= 11 is 0. The highest BCUT2D eigenvalue weighted by atomic mass is 35.5. The second kappa shape index (κ2) is 8.10. The van der Waals surface area contributed by atoms with Gasteiger partial charge in [-0.15, -0.1) is 12.4 Å². The number of aromatic nitrogens is 1. The molecule has 0 aliphatic carbocycles. The van der Waals surface area contributed by atoms with Crippen LogP contribution >= 0.6 is 12.4 Å². The number of amides is 1. The molecular formula is C19H24ClN3O3. The zero-order chi connectivity index (χ0) is 17.2. The van der Waals surface area contributed by atoms with Crippen LogP contribution in [0.15, 0.2) is 41.1 Å². The van der Waals surface area contributed by atoms with E-state index >= 15 is 0 Å². The standard InChI is InChI=1S/C19H23N3O3.ClH/c1-24-15-4-2-13(3-5-15)19-17-11-20-10-14(17)12-22(19)18(23)7-6-16-8-9-21-25-16;/h2-5,8-9,14,17,19-20H,6-7,10-12H2,1H3;1H/t14-,17-,19-;/m0./s1. The lowest BCUT2D eigenvalue weighted by Gasteiger charge is -2.28. The highest BCUT2D eigenvalue weighted by molar-refractivity contribution is 5.85. The van der Waals surface area contributed by atoms with E-state index in [1.165, 1.54) is 5.56 Å². The van der Waals surface area contributed by atoms with Gasteiger partial charge in [0.25, 0.3) is 0 Å². The largest absolute Gasteiger partial charge is 0.497 e. The van der Waals surface area contributed by atoms with Crippen molar-refractivity contribution in [3.63, 3.8) is 0 Å². The number of carbonyl (C=O) groups is 1. The Labute approximate surface area is 159 Å². The first-order valence-electron chi connectivity index (χ1n) is 8.80. The van der Waals surface area contributed by atoms with Gasteiger partial charge in [-0.05, 0) is 23.6 Å². The predicted molar refractivity (Wildman–Crippen MR) is 99.4 cm³/mol. The summed E-state index contributed by atoms with van der Waals surface area (Å²) in [5, 5.41) is 7.18. The number of benzene rings is 1. The molecule has 26 heavy (non-hydrogen) atoms. The second-order valence-electron chi connectivity index (χ2n) is 6.83. The first kappa shape index (κ1) is 18.7. The maximum absolute atomic E-state index is 12.9. The summed E-state index contributed by atoms with van der Waals surface area (Å²) < 4.78 is 10.4. The summed E-state index contributed by atoms with van der Waals surface area (Å²) in [5.74, 6) is 2.79. The number of ether oxygens (including phenoxy) is 1. The Balaban J connectivity index is 0.00000196. The molecule has 1 aromatic heterocycles. The van der Waals surface area contributed by atoms with Crippen molar-refractivity contribution in [2.24, 2.45) is 11.8 Å². The van der Waals surface area contributed by atoms with Crippen LogP contribution in [0.1, 0.15) is 23.8 Å². The highest BCUT2D eigenvalue weighted by Gasteiger charge is 2.46. The summed E-state index contributed by atoms with van der Waals surface area (Å²) in [6.07, 6.45) is 2.67. The van der Waals surface area contributed by atoms with Gasteiger partial charge in [-0.1, -0.05) is 17.3 Å². The topological polar surface area (TPSA) is 67.6 Å². The van der Waals surface area contributed by atoms with E-state index in [4.69, 9.17) is 9.26 Å². The van der Waals surface area contributed by atoms with Gasteiger partial charge in [0.2, 0.25) is 5.91 Å². The van der Waals surface area contributed by atoms with Crippen LogP contribution in [0.2, 0.25) is 0 Å². The van der Waals surface area contributed by atoms with E-state index in [0.717, 1.165) is 31.1 Å². The first-order chi connectivity index (χ1) is 12.3. The third kappa shape index (κ3) is 3.57. The van der Waals surface area contributed by atoms with E-state index in [9.17, 15) is 4.79 Å². The van der Waals surface area contributed by atoms with Gasteiger partial charge in [-0.2, -0.15) is 0 Å². The van der Waals surface area contributed by atoms with Crippen molar-refractivity contribution in [2.45, 2.75) is 18.9 Å². The van der Waals surface area contributed by atoms with Crippen LogP contribution in [0.5, 0.6) is 5.75 Å². The molecular weight excluding hydrogens is 354 g/mol. The van der Waals surface area contributed by atoms with Gasteiger partial charge in [0.05, 0.1) is 19.3 Å². The van der Waals surface area contributed by atoms with Gasteiger partial charge in [0.1, 0.15) is 11.5 Å². The van der Waals surface area contributed by atoms with Crippen LogP contribution in [-0.2, 0) is 11.2 Å². The van der Waals surface area contributed by atoms with Crippen molar-refractivity contribution in [3.05, 3.63) is 47.9 Å². The van der Waals surface area contributed by atoms with Gasteiger partial charge in [-0.25, -0.2) is 0 Å². The van der Waals surface area contributed by atoms with E-state index in [2.05, 4.69) is 27.5 Å². The molecule has 2 aliphatic heterocycles. The number of aryl methyl sites for hydroxylation is 1. The summed E-state index contributed by atoms with van der Waals surface area (Å²) in [5.41, 5.74) is 1.19. The van der Waals surface area contributed by atoms with E-state index in [-0.39, 0.29) is 24.4 Å². The number of likely N-dealkylation sites (tertiary alicyclic amines) is 1. The number of carbonyl (C=O) groups excluding carboxylic acids is 1. The number of methoxy groups -OCH3 is 1. The molecule has 2 aliphatic rings. The van der Waals surface area contributed by atoms with E-state index < -0.39 is 0 Å². The first-order valence-corrected chi connectivity index (χ1v) is 8.80. The van der Waals surface area contributed by atoms with Gasteiger partial charge in [0, 0.05) is 44.5 Å². The molecule has 2 fully saturated rings. The molecule has 140 valence electrons. The third-order valence-electron chi connectivity index (χ3n) is 5.42. The fourth-order valence-corrected chi connectivity index (χ4v) is 4.15. The summed E-state index contributed by atoms with van der Waals surface area (Å²) in [4.78, 5) is 15.0. The Morgan fingerprint density at radius 3 is 2.81 bits per heavy atom. The number of nitrogens with zero attached hydrogens (tertiary/aromatic N) is 2. The minimum Gasteiger partial charge on any atom is -0.497 e. The normalized spacial score (nSPS) is 24.2. The fourth-order valence-electron chi connectivity index (χ4n) is 4.15. The zero-order valence-corrected chi connectivity index (χ0v) is 15.6. The van der Waals surface area contributed by atoms with Crippen molar-refractivity contribution in [3.8, 4) is 5.75 Å². The van der Waals surface area contributed by atoms with Gasteiger partial charge in [-0.3, -0.25) is 4.79 Å². The van der Waals surface area contributed by atoms with Crippen molar-refractivity contribution in [1.29, 1.82) is 0 Å². The Kier molecular flexibility index (Phi) is 5.84. The molecule has 6 nitrogen and oxygen atoms in total. The molecule has 0 saturated carbocycles. The minimum absolute atomic E-state index is 0. The molecule has 1 N–H and O–H groups in total. The summed E-state index contributed by atoms with van der Waals surface area (Å²) in [6, 6.07) is 10.1. The quantitative estimate of drug-likeness (QED) is 0.866. The number of nitrogens with one attached hydrogen (secondary N) is 1. The van der Waals surface area contributed by atoms with Crippen molar-refractivity contribution < 1.29 is 14.1 Å². The predicted octanol–water partition coefficient (Wildman–Crippen LogP) is 2.46. The van der Waals surface area contributed by atoms with Gasteiger partial charge in [0.15, 0.2) is 0 Å². The second-order valence-corrected chi connectivity index (χ2v) is 6.83. The molecule has 0 radical (unpaired) electrons. The van der Waals surface area contributed by atoms with Crippen LogP contribution in [0.4, 0.5) is 0 Å². The zero-order valence-electron chi connectivity index (χ0n) is 14.8. The number of hydrogen-bond acceptors (Lipinski definition) is 5. The molecule has 2 saturated heterocycles. The minimum atomic E-state index is 0. The van der Waals surface area contributed by atoms with Crippen molar-refractivity contribution in [1.82, 2.24) is 15.4 Å². The van der Waals surface area contributed by atoms with Crippen LogP contribution < -0.4 is 10.1 Å². The number of fused-ring (bicyclic) bond motifs is 1. The molecule has 4 rings (SSSR count). The molecule has 3 heterocycles. The Bertz CT molecular complexity index is 720. The Hall–Kier alpha value is -2.05. The average molecular weight is 378 g/mol. The fraction of sp³-hybridized carbons (Fsp3) is 0.474. The smallest absolute Gasteiger partial charge is 0.223 e. The van der Waals surface area contributed by atoms with Crippen LogP contribution in [0.25, 0.3) is 0 Å². The van der Waals surface area contributed by atoms with Gasteiger partial charge >= 0.3 is 0 Å². The SMILES string of the molecule is COc1ccc([C@H]2[C@H]3CNC[C@H]3CN2C(=O)CCc2ccno2)cc1.Cl. The van der Waals surface area contributed by atoms with Crippen LogP contribution in [-0.4, -0.2) is 42.7 Å². The number of halogens is 1. The van der Waals surface area contributed by atoms with Crippen LogP contribution in [0, 0.1) is 11.8 Å². The molecule has 3 atom stereocenters. The molecule has 7 heteroatoms. The lowest BCUT2D eigenvalue weighted by atomic mass is 9.89. The molecule has 0 spiro atoms. The lowest BCUT2D eigenvalue weighted by Crippen LogP contribution is -2.34.